The number of rotatable bonds is 39. The zero-order chi connectivity index (χ0) is 47.5. The lowest BCUT2D eigenvalue weighted by atomic mass is 9.85. The summed E-state index contributed by atoms with van der Waals surface area (Å²) in [6.45, 7) is 2.92. The lowest BCUT2D eigenvalue weighted by Crippen LogP contribution is -2.64. The highest BCUT2D eigenvalue weighted by molar-refractivity contribution is 7.46. The molecule has 0 spiro atoms. The van der Waals surface area contributed by atoms with Gasteiger partial charge in [0.05, 0.1) is 6.61 Å². The van der Waals surface area contributed by atoms with Gasteiger partial charge in [-0.05, 0) is 51.4 Å². The summed E-state index contributed by atoms with van der Waals surface area (Å²) in [7, 11) is -11.2. The molecular formula is C46H88N2O16P2. The summed E-state index contributed by atoms with van der Waals surface area (Å²) in [5.74, 6) is -1.32. The highest BCUT2D eigenvalue weighted by Crippen LogP contribution is 2.45. The van der Waals surface area contributed by atoms with E-state index in [4.69, 9.17) is 23.4 Å². The third kappa shape index (κ3) is 34.2. The van der Waals surface area contributed by atoms with E-state index in [-0.39, 0.29) is 25.1 Å². The van der Waals surface area contributed by atoms with Gasteiger partial charge in [0.25, 0.3) is 15.6 Å². The topological polar surface area (TPSA) is 335 Å². The van der Waals surface area contributed by atoms with Crippen molar-refractivity contribution in [2.75, 3.05) is 13.2 Å². The molecule has 0 aromatic rings. The van der Waals surface area contributed by atoms with Crippen LogP contribution in [0.3, 0.4) is 0 Å². The van der Waals surface area contributed by atoms with Gasteiger partial charge in [0.2, 0.25) is 0 Å². The van der Waals surface area contributed by atoms with Crippen molar-refractivity contribution in [3.05, 3.63) is 48.6 Å². The standard InChI is InChI=1S/C46H82O16P2.2H3N/c1-3-5-7-9-11-13-15-17-19-20-21-23-25-27-29-31-33-35-40(48)60-38(36-58-39(47)34-32-30-28-26-24-22-18-16-14-12-10-8-6-4-2)37-59-64(56,57)62-46-43(51)41(49)42(50)45(44(46)52)61-63(53,54)55;;/h11,13,17,19,21,23,27,29,38,41-46,49-52H,3-10,12,14-16,18,20,22,24-26,28,30-37H2,1-2H3,(H,56,57)(H2,53,54,55);2*1H3/b13-11-,19-17-,23-21-,29-27-;;/t38-,41-,42?,43?,44?,45?,46-;;/m1../s1. The number of unbranched alkanes of at least 4 members (excludes halogenated alkanes) is 17. The lowest BCUT2D eigenvalue weighted by Gasteiger charge is -2.45. The second kappa shape index (κ2) is 40.7. The van der Waals surface area contributed by atoms with Crippen LogP contribution in [0.15, 0.2) is 48.6 Å². The quantitative estimate of drug-likeness (QED) is 0.0132. The van der Waals surface area contributed by atoms with Gasteiger partial charge in [-0.3, -0.25) is 18.7 Å². The van der Waals surface area contributed by atoms with Crippen LogP contribution in [0.5, 0.6) is 0 Å². The average molecular weight is 987 g/mol. The Labute approximate surface area is 394 Å². The summed E-state index contributed by atoms with van der Waals surface area (Å²) >= 11 is 0. The predicted octanol–water partition coefficient (Wildman–Crippen LogP) is 8.38. The van der Waals surface area contributed by atoms with E-state index in [1.54, 1.807) is 0 Å². The number of aliphatic hydroxyl groups is 4. The van der Waals surface area contributed by atoms with Crippen LogP contribution >= 0.6 is 15.6 Å². The average Bonchev–Trinajstić information content (AvgIpc) is 3.25. The molecule has 1 saturated carbocycles. The van der Waals surface area contributed by atoms with Crippen molar-refractivity contribution < 1.29 is 76.9 Å². The van der Waals surface area contributed by atoms with E-state index in [9.17, 15) is 48.9 Å². The minimum atomic E-state index is -5.63. The van der Waals surface area contributed by atoms with Crippen molar-refractivity contribution >= 4 is 27.6 Å². The Bertz CT molecular complexity index is 1440. The van der Waals surface area contributed by atoms with Crippen molar-refractivity contribution in [1.29, 1.82) is 0 Å². The van der Waals surface area contributed by atoms with Crippen LogP contribution in [0.25, 0.3) is 0 Å². The molecule has 0 heterocycles. The molecule has 9 atom stereocenters. The van der Waals surface area contributed by atoms with Gasteiger partial charge in [-0.15, -0.1) is 0 Å². The van der Waals surface area contributed by atoms with Crippen LogP contribution in [-0.2, 0) is 41.8 Å². The molecular weight excluding hydrogens is 898 g/mol. The second-order valence-corrected chi connectivity index (χ2v) is 18.9. The molecule has 0 aromatic carbocycles. The van der Waals surface area contributed by atoms with Crippen LogP contribution in [-0.4, -0.2) is 93.2 Å². The van der Waals surface area contributed by atoms with Crippen LogP contribution in [0.1, 0.15) is 174 Å². The molecule has 6 unspecified atom stereocenters. The largest absolute Gasteiger partial charge is 0.756 e. The van der Waals surface area contributed by atoms with Gasteiger partial charge in [0, 0.05) is 12.8 Å². The normalized spacial score (nSPS) is 22.3. The van der Waals surface area contributed by atoms with E-state index in [1.165, 1.54) is 77.0 Å². The summed E-state index contributed by atoms with van der Waals surface area (Å²) in [4.78, 5) is 58.5. The first-order chi connectivity index (χ1) is 30.6. The molecule has 1 fully saturated rings. The summed E-state index contributed by atoms with van der Waals surface area (Å²) < 4.78 is 48.6. The fraction of sp³-hybridized carbons (Fsp3) is 0.783. The second-order valence-electron chi connectivity index (χ2n) is 16.4. The van der Waals surface area contributed by atoms with Gasteiger partial charge < -0.3 is 70.5 Å². The monoisotopic (exact) mass is 987 g/mol. The molecule has 388 valence electrons. The molecule has 0 aromatic heterocycles. The third-order valence-electron chi connectivity index (χ3n) is 10.6. The van der Waals surface area contributed by atoms with Gasteiger partial charge in [0.15, 0.2) is 6.10 Å². The van der Waals surface area contributed by atoms with Crippen molar-refractivity contribution in [3.63, 3.8) is 0 Å². The number of quaternary nitrogens is 2. The first-order valence-electron chi connectivity index (χ1n) is 23.6. The molecule has 0 radical (unpaired) electrons. The molecule has 1 aliphatic rings. The minimum Gasteiger partial charge on any atom is -0.756 e. The first-order valence-corrected chi connectivity index (χ1v) is 26.6. The number of aliphatic hydroxyl groups excluding tert-OH is 4. The molecule has 1 rings (SSSR count). The summed E-state index contributed by atoms with van der Waals surface area (Å²) in [5.41, 5.74) is 0. The number of hydrogen-bond acceptors (Lipinski definition) is 15. The van der Waals surface area contributed by atoms with Gasteiger partial charge >= 0.3 is 11.9 Å². The Morgan fingerprint density at radius 3 is 1.42 bits per heavy atom. The van der Waals surface area contributed by atoms with Crippen molar-refractivity contribution in [3.8, 4) is 0 Å². The number of ether oxygens (including phenoxy) is 2. The van der Waals surface area contributed by atoms with E-state index in [2.05, 4.69) is 48.8 Å². The van der Waals surface area contributed by atoms with E-state index in [0.717, 1.165) is 51.4 Å². The maximum atomic E-state index is 12.8. The molecule has 0 saturated heterocycles. The number of carbonyl (C=O) groups is 2. The van der Waals surface area contributed by atoms with Crippen LogP contribution in [0.4, 0.5) is 0 Å². The zero-order valence-electron chi connectivity index (χ0n) is 40.4. The smallest absolute Gasteiger partial charge is 0.306 e. The number of hydrogen-bond donors (Lipinski definition) is 7. The summed E-state index contributed by atoms with van der Waals surface area (Å²) in [6.07, 6.45) is 25.7. The van der Waals surface area contributed by atoms with Gasteiger partial charge in [-0.1, -0.05) is 159 Å². The number of phosphoric ester groups is 2. The Balaban J connectivity index is 0. The highest BCUT2D eigenvalue weighted by atomic mass is 31.2. The van der Waals surface area contributed by atoms with Crippen LogP contribution in [0.2, 0.25) is 0 Å². The lowest BCUT2D eigenvalue weighted by molar-refractivity contribution is -0.271. The van der Waals surface area contributed by atoms with Gasteiger partial charge in [-0.25, -0.2) is 0 Å². The maximum Gasteiger partial charge on any atom is 0.306 e. The third-order valence-corrected chi connectivity index (χ3v) is 12.1. The Morgan fingerprint density at radius 2 is 0.939 bits per heavy atom. The predicted molar refractivity (Wildman–Crippen MR) is 253 cm³/mol. The van der Waals surface area contributed by atoms with Crippen LogP contribution in [0, 0.1) is 0 Å². The van der Waals surface area contributed by atoms with Crippen molar-refractivity contribution in [1.82, 2.24) is 12.3 Å². The highest BCUT2D eigenvalue weighted by Gasteiger charge is 2.52. The van der Waals surface area contributed by atoms with Gasteiger partial charge in [-0.2, -0.15) is 0 Å². The molecule has 66 heavy (non-hydrogen) atoms. The number of allylic oxidation sites excluding steroid dienone is 8. The number of phosphoric acid groups is 2. The van der Waals surface area contributed by atoms with Gasteiger partial charge in [0.1, 0.15) is 43.2 Å². The minimum absolute atomic E-state index is 0. The first kappa shape index (κ1) is 66.0. The Hall–Kier alpha value is -2.12. The molecule has 20 heteroatoms. The van der Waals surface area contributed by atoms with Crippen molar-refractivity contribution in [2.45, 2.75) is 217 Å². The molecule has 18 nitrogen and oxygen atoms in total. The van der Waals surface area contributed by atoms with Crippen molar-refractivity contribution in [2.24, 2.45) is 0 Å². The SMILES string of the molecule is CCCCC/C=C\C/C=C\C/C=C\C/C=C\CCCC(=O)O[C@H](COC(=O)CCCCCCCCCCCCCCCC)COP(=O)([O-])O[C@H]1C(O)C(OP(=O)([O-])O)C(O)[C@@H](O)C1O.[NH4+].[NH4+]. The van der Waals surface area contributed by atoms with E-state index in [1.807, 2.05) is 18.2 Å². The van der Waals surface area contributed by atoms with E-state index >= 15 is 0 Å². The summed E-state index contributed by atoms with van der Waals surface area (Å²) in [5, 5.41) is 41.0. The van der Waals surface area contributed by atoms with E-state index < -0.39 is 83.5 Å². The molecule has 13 N–H and O–H groups in total. The fourth-order valence-corrected chi connectivity index (χ4v) is 8.46. The van der Waals surface area contributed by atoms with Crippen LogP contribution < -0.4 is 22.1 Å². The summed E-state index contributed by atoms with van der Waals surface area (Å²) in [6, 6.07) is 0. The Morgan fingerprint density at radius 1 is 0.530 bits per heavy atom. The fourth-order valence-electron chi connectivity index (χ4n) is 6.95. The zero-order valence-corrected chi connectivity index (χ0v) is 42.2. The molecule has 0 amide bonds. The Kier molecular flexibility index (Phi) is 40.7. The van der Waals surface area contributed by atoms with E-state index in [0.29, 0.717) is 19.3 Å². The molecule has 1 aliphatic carbocycles. The maximum absolute atomic E-state index is 12.8. The molecule has 0 aliphatic heterocycles. The molecule has 0 bridgehead atoms. The number of carbonyl (C=O) groups excluding carboxylic acids is 2. The number of esters is 2.